The third-order valence-corrected chi connectivity index (χ3v) is 8.88. The molecule has 0 radical (unpaired) electrons. The van der Waals surface area contributed by atoms with Gasteiger partial charge >= 0.3 is 13.5 Å². The Morgan fingerprint density at radius 3 is 2.45 bits per heavy atom. The van der Waals surface area contributed by atoms with E-state index in [1.807, 2.05) is 0 Å². The molecule has 0 saturated heterocycles. The van der Waals surface area contributed by atoms with Crippen molar-refractivity contribution >= 4 is 36.2 Å². The van der Waals surface area contributed by atoms with Crippen molar-refractivity contribution in [2.75, 3.05) is 19.4 Å². The molecule has 228 valence electrons. The summed E-state index contributed by atoms with van der Waals surface area (Å²) >= 11 is 0. The molecular formula is C31H29FN3O8P. The van der Waals surface area contributed by atoms with Gasteiger partial charge in [0.05, 0.1) is 31.5 Å². The summed E-state index contributed by atoms with van der Waals surface area (Å²) < 4.78 is 44.4. The van der Waals surface area contributed by atoms with Gasteiger partial charge in [0.15, 0.2) is 5.75 Å². The van der Waals surface area contributed by atoms with Crippen LogP contribution in [0.4, 0.5) is 4.39 Å². The van der Waals surface area contributed by atoms with Crippen LogP contribution in [-0.2, 0) is 20.6 Å². The summed E-state index contributed by atoms with van der Waals surface area (Å²) in [6.45, 7) is 2.82. The van der Waals surface area contributed by atoms with E-state index in [1.165, 1.54) is 37.4 Å². The number of aromatic hydroxyl groups is 1. The number of para-hydroxylation sites is 1. The lowest BCUT2D eigenvalue weighted by Gasteiger charge is -2.24. The van der Waals surface area contributed by atoms with Crippen LogP contribution in [-0.4, -0.2) is 58.2 Å². The topological polar surface area (TPSA) is 144 Å². The number of esters is 1. The molecule has 0 spiro atoms. The number of benzene rings is 3. The van der Waals surface area contributed by atoms with E-state index in [0.29, 0.717) is 5.56 Å². The Morgan fingerprint density at radius 1 is 1.05 bits per heavy atom. The van der Waals surface area contributed by atoms with Crippen molar-refractivity contribution in [3.05, 3.63) is 95.4 Å². The molecule has 1 aliphatic heterocycles. The van der Waals surface area contributed by atoms with Crippen LogP contribution in [0.5, 0.6) is 17.2 Å². The molecule has 2 atom stereocenters. The smallest absolute Gasteiger partial charge is 0.323 e. The fourth-order valence-corrected chi connectivity index (χ4v) is 6.54. The molecule has 4 aromatic rings. The standard InChI is InChI=1S/C31H29FN3O8P/c1-3-41-31(39)19(2)34-44(40,43-22-8-5-4-6-9-22)17-16-42-28-23-10-7-15-33-26(23)27(36)24-25(28)30(38)35(29(24)37)18-20-11-13-21(32)14-12-20/h4-15,19,36H,3,16-18H2,1-2H3,(H,34,40)/t19-,44?/m0/s1. The summed E-state index contributed by atoms with van der Waals surface area (Å²) in [5.41, 5.74) is 0.0630. The van der Waals surface area contributed by atoms with Gasteiger partial charge in [-0.1, -0.05) is 30.3 Å². The van der Waals surface area contributed by atoms with Crippen LogP contribution < -0.4 is 14.3 Å². The van der Waals surface area contributed by atoms with Crippen molar-refractivity contribution in [2.24, 2.45) is 0 Å². The number of aromatic nitrogens is 1. The lowest BCUT2D eigenvalue weighted by molar-refractivity contribution is -0.144. The van der Waals surface area contributed by atoms with Gasteiger partial charge in [-0.05, 0) is 55.8 Å². The number of imide groups is 1. The summed E-state index contributed by atoms with van der Waals surface area (Å²) in [7, 11) is -3.82. The van der Waals surface area contributed by atoms with Gasteiger partial charge in [0, 0.05) is 11.6 Å². The Morgan fingerprint density at radius 2 is 1.75 bits per heavy atom. The first kappa shape index (κ1) is 30.7. The van der Waals surface area contributed by atoms with Gasteiger partial charge in [0.1, 0.15) is 34.4 Å². The zero-order valence-corrected chi connectivity index (χ0v) is 24.8. The van der Waals surface area contributed by atoms with Crippen molar-refractivity contribution in [3.63, 3.8) is 0 Å². The van der Waals surface area contributed by atoms with Gasteiger partial charge in [-0.2, -0.15) is 0 Å². The number of carbonyl (C=O) groups is 3. The van der Waals surface area contributed by atoms with Gasteiger partial charge in [-0.15, -0.1) is 0 Å². The first-order valence-corrected chi connectivity index (χ1v) is 15.6. The maximum absolute atomic E-state index is 14.0. The van der Waals surface area contributed by atoms with Gasteiger partial charge in [0.2, 0.25) is 0 Å². The highest BCUT2D eigenvalue weighted by molar-refractivity contribution is 7.57. The van der Waals surface area contributed by atoms with E-state index in [0.717, 1.165) is 4.90 Å². The van der Waals surface area contributed by atoms with Crippen LogP contribution in [0.1, 0.15) is 40.1 Å². The molecule has 0 fully saturated rings. The van der Waals surface area contributed by atoms with Gasteiger partial charge < -0.3 is 19.1 Å². The summed E-state index contributed by atoms with van der Waals surface area (Å²) in [6.07, 6.45) is 1.16. The van der Waals surface area contributed by atoms with Crippen molar-refractivity contribution in [2.45, 2.75) is 26.4 Å². The lowest BCUT2D eigenvalue weighted by Crippen LogP contribution is -2.35. The van der Waals surface area contributed by atoms with E-state index in [4.69, 9.17) is 14.0 Å². The number of phenolic OH excluding ortho intramolecular Hbond substituents is 1. The molecule has 1 aliphatic rings. The second-order valence-electron chi connectivity index (χ2n) is 9.90. The SMILES string of the molecule is CCOC(=O)[C@H](C)NP(=O)(CCOc1c2c(c(O)c3ncccc13)C(=O)N(Cc1ccc(F)cc1)C2=O)Oc1ccccc1. The number of rotatable bonds is 12. The molecule has 2 N–H and O–H groups in total. The summed E-state index contributed by atoms with van der Waals surface area (Å²) in [5.74, 6) is -2.82. The first-order valence-electron chi connectivity index (χ1n) is 13.8. The average molecular weight is 622 g/mol. The number of halogens is 1. The van der Waals surface area contributed by atoms with Crippen molar-refractivity contribution in [1.82, 2.24) is 15.0 Å². The second-order valence-corrected chi connectivity index (χ2v) is 12.1. The predicted octanol–water partition coefficient (Wildman–Crippen LogP) is 5.07. The largest absolute Gasteiger partial charge is 0.505 e. The van der Waals surface area contributed by atoms with Gasteiger partial charge in [-0.25, -0.2) is 9.48 Å². The Bertz CT molecular complexity index is 1770. The van der Waals surface area contributed by atoms with E-state index in [2.05, 4.69) is 10.1 Å². The molecule has 3 aromatic carbocycles. The Labute approximate surface area is 252 Å². The summed E-state index contributed by atoms with van der Waals surface area (Å²) in [5, 5.41) is 14.0. The number of hydrogen-bond acceptors (Lipinski definition) is 9. The van der Waals surface area contributed by atoms with Crippen LogP contribution in [0.25, 0.3) is 10.9 Å². The molecule has 5 rings (SSSR count). The zero-order chi connectivity index (χ0) is 31.4. The van der Waals surface area contributed by atoms with Gasteiger partial charge in [0.25, 0.3) is 11.8 Å². The maximum Gasteiger partial charge on any atom is 0.323 e. The number of fused-ring (bicyclic) bond motifs is 2. The monoisotopic (exact) mass is 621 g/mol. The fraction of sp³-hybridized carbons (Fsp3) is 0.226. The molecule has 13 heteroatoms. The number of amides is 2. The molecule has 2 amide bonds. The minimum atomic E-state index is -3.82. The van der Waals surface area contributed by atoms with Crippen LogP contribution in [0.2, 0.25) is 0 Å². The van der Waals surface area contributed by atoms with Crippen LogP contribution >= 0.6 is 7.52 Å². The fourth-order valence-electron chi connectivity index (χ4n) is 4.77. The van der Waals surface area contributed by atoms with E-state index in [9.17, 15) is 28.4 Å². The van der Waals surface area contributed by atoms with Crippen LogP contribution in [0.3, 0.4) is 0 Å². The zero-order valence-electron chi connectivity index (χ0n) is 23.9. The number of nitrogens with zero attached hydrogens (tertiary/aromatic N) is 2. The quantitative estimate of drug-likeness (QED) is 0.125. The molecule has 0 saturated carbocycles. The normalized spacial score (nSPS) is 14.7. The highest BCUT2D eigenvalue weighted by Crippen LogP contribution is 2.46. The number of ether oxygens (including phenoxy) is 2. The minimum Gasteiger partial charge on any atom is -0.505 e. The highest BCUT2D eigenvalue weighted by Gasteiger charge is 2.43. The summed E-state index contributed by atoms with van der Waals surface area (Å²) in [6, 6.07) is 15.9. The number of phenols is 1. The molecular weight excluding hydrogens is 592 g/mol. The minimum absolute atomic E-state index is 0.0313. The Balaban J connectivity index is 1.46. The molecule has 2 heterocycles. The molecule has 0 bridgehead atoms. The van der Waals surface area contributed by atoms with Crippen molar-refractivity contribution < 1.29 is 42.4 Å². The molecule has 11 nitrogen and oxygen atoms in total. The predicted molar refractivity (Wildman–Crippen MR) is 158 cm³/mol. The summed E-state index contributed by atoms with van der Waals surface area (Å²) in [4.78, 5) is 44.5. The number of carbonyl (C=O) groups excluding carboxylic acids is 3. The third kappa shape index (κ3) is 6.27. The van der Waals surface area contributed by atoms with E-state index in [1.54, 1.807) is 49.4 Å². The van der Waals surface area contributed by atoms with E-state index in [-0.39, 0.29) is 59.4 Å². The average Bonchev–Trinajstić information content (AvgIpc) is 3.25. The van der Waals surface area contributed by atoms with E-state index >= 15 is 0 Å². The van der Waals surface area contributed by atoms with Crippen molar-refractivity contribution in [1.29, 1.82) is 0 Å². The van der Waals surface area contributed by atoms with Crippen LogP contribution in [0, 0.1) is 5.82 Å². The van der Waals surface area contributed by atoms with Crippen LogP contribution in [0.15, 0.2) is 72.9 Å². The number of hydrogen-bond donors (Lipinski definition) is 2. The highest BCUT2D eigenvalue weighted by atomic mass is 31.2. The van der Waals surface area contributed by atoms with Gasteiger partial charge in [-0.3, -0.25) is 28.8 Å². The lowest BCUT2D eigenvalue weighted by atomic mass is 10.0. The first-order chi connectivity index (χ1) is 21.1. The Hall–Kier alpha value is -4.80. The number of nitrogens with one attached hydrogen (secondary N) is 1. The molecule has 1 aromatic heterocycles. The second kappa shape index (κ2) is 12.8. The molecule has 44 heavy (non-hydrogen) atoms. The molecule has 1 unspecified atom stereocenters. The third-order valence-electron chi connectivity index (χ3n) is 6.82. The Kier molecular flexibility index (Phi) is 8.93. The van der Waals surface area contributed by atoms with E-state index < -0.39 is 42.9 Å². The maximum atomic E-state index is 14.0. The van der Waals surface area contributed by atoms with Crippen molar-refractivity contribution in [3.8, 4) is 17.2 Å². The number of pyridine rings is 1. The molecule has 0 aliphatic carbocycles.